The van der Waals surface area contributed by atoms with E-state index < -0.39 is 10.0 Å². The van der Waals surface area contributed by atoms with Crippen LogP contribution in [0.5, 0.6) is 0 Å². The van der Waals surface area contributed by atoms with E-state index in [0.29, 0.717) is 6.54 Å². The summed E-state index contributed by atoms with van der Waals surface area (Å²) < 4.78 is 25.4. The molecule has 1 aromatic carbocycles. The smallest absolute Gasteiger partial charge is 0.221 e. The van der Waals surface area contributed by atoms with Gasteiger partial charge in [0.25, 0.3) is 0 Å². The highest BCUT2D eigenvalue weighted by atomic mass is 32.2. The van der Waals surface area contributed by atoms with Gasteiger partial charge in [0.05, 0.1) is 6.26 Å². The van der Waals surface area contributed by atoms with Crippen LogP contribution in [0.4, 0.5) is 0 Å². The number of sulfonamides is 1. The van der Waals surface area contributed by atoms with Crippen LogP contribution in [0.3, 0.4) is 0 Å². The molecule has 23 heavy (non-hydrogen) atoms. The maximum atomic E-state index is 12.0. The van der Waals surface area contributed by atoms with Crippen LogP contribution in [0.1, 0.15) is 37.3 Å². The Labute approximate surface area is 137 Å². The summed E-state index contributed by atoms with van der Waals surface area (Å²) in [5, 5.41) is 2.89. The third-order valence-electron chi connectivity index (χ3n) is 4.22. The van der Waals surface area contributed by atoms with Crippen molar-refractivity contribution >= 4 is 15.9 Å². The highest BCUT2D eigenvalue weighted by molar-refractivity contribution is 7.88. The van der Waals surface area contributed by atoms with Crippen molar-refractivity contribution in [1.29, 1.82) is 0 Å². The number of hydrogen-bond donors (Lipinski definition) is 3. The number of carbonyl (C=O) groups excluding carboxylic acids is 1. The second kappa shape index (κ2) is 7.90. The average Bonchev–Trinajstić information content (AvgIpc) is 2.91. The minimum atomic E-state index is -3.22. The molecular formula is C16H25N3O3S. The van der Waals surface area contributed by atoms with Crippen LogP contribution in [0.25, 0.3) is 0 Å². The maximum Gasteiger partial charge on any atom is 0.221 e. The molecule has 3 unspecified atom stereocenters. The summed E-state index contributed by atoms with van der Waals surface area (Å²) in [6.45, 7) is 0.480. The lowest BCUT2D eigenvalue weighted by atomic mass is 10.0. The molecule has 1 fully saturated rings. The molecule has 0 aliphatic heterocycles. The van der Waals surface area contributed by atoms with E-state index >= 15 is 0 Å². The van der Waals surface area contributed by atoms with Gasteiger partial charge < -0.3 is 11.1 Å². The van der Waals surface area contributed by atoms with Crippen molar-refractivity contribution in [2.75, 3.05) is 12.8 Å². The molecule has 1 saturated carbocycles. The first kappa shape index (κ1) is 17.9. The second-order valence-corrected chi connectivity index (χ2v) is 7.99. The SMILES string of the molecule is CS(=O)(=O)NC1CCCC1CNC(=O)CC(N)c1ccccc1. The molecule has 1 aromatic rings. The quantitative estimate of drug-likeness (QED) is 0.687. The fraction of sp³-hybridized carbons (Fsp3) is 0.562. The number of rotatable bonds is 7. The molecule has 0 heterocycles. The molecule has 4 N–H and O–H groups in total. The highest BCUT2D eigenvalue weighted by Gasteiger charge is 2.29. The van der Waals surface area contributed by atoms with E-state index in [0.717, 1.165) is 24.8 Å². The molecule has 6 nitrogen and oxygen atoms in total. The standard InChI is InChI=1S/C16H25N3O3S/c1-23(21,22)19-15-9-5-8-13(15)11-18-16(20)10-14(17)12-6-3-2-4-7-12/h2-4,6-7,13-15,19H,5,8-11,17H2,1H3,(H,18,20). The normalized spacial score (nSPS) is 22.7. The Kier molecular flexibility index (Phi) is 6.15. The summed E-state index contributed by atoms with van der Waals surface area (Å²) >= 11 is 0. The van der Waals surface area contributed by atoms with E-state index in [4.69, 9.17) is 5.73 Å². The molecule has 1 amide bonds. The maximum absolute atomic E-state index is 12.0. The number of carbonyl (C=O) groups is 1. The van der Waals surface area contributed by atoms with Gasteiger partial charge in [0, 0.05) is 25.0 Å². The minimum Gasteiger partial charge on any atom is -0.356 e. The lowest BCUT2D eigenvalue weighted by molar-refractivity contribution is -0.121. The van der Waals surface area contributed by atoms with E-state index in [1.807, 2.05) is 30.3 Å². The monoisotopic (exact) mass is 339 g/mol. The van der Waals surface area contributed by atoms with Crippen LogP contribution in [-0.2, 0) is 14.8 Å². The van der Waals surface area contributed by atoms with Crippen molar-refractivity contribution in [3.8, 4) is 0 Å². The molecule has 0 aromatic heterocycles. The predicted octanol–water partition coefficient (Wildman–Crippen LogP) is 0.911. The van der Waals surface area contributed by atoms with Gasteiger partial charge in [0.2, 0.25) is 15.9 Å². The fourth-order valence-corrected chi connectivity index (χ4v) is 3.91. The van der Waals surface area contributed by atoms with Gasteiger partial charge in [-0.05, 0) is 24.3 Å². The molecule has 0 radical (unpaired) electrons. The molecule has 7 heteroatoms. The van der Waals surface area contributed by atoms with E-state index in [9.17, 15) is 13.2 Å². The van der Waals surface area contributed by atoms with E-state index in [-0.39, 0.29) is 30.3 Å². The van der Waals surface area contributed by atoms with Crippen molar-refractivity contribution in [2.45, 2.75) is 37.8 Å². The molecule has 3 atom stereocenters. The summed E-state index contributed by atoms with van der Waals surface area (Å²) in [7, 11) is -3.22. The van der Waals surface area contributed by atoms with Gasteiger partial charge in [0.15, 0.2) is 0 Å². The molecule has 128 valence electrons. The van der Waals surface area contributed by atoms with Crippen molar-refractivity contribution in [1.82, 2.24) is 10.0 Å². The summed E-state index contributed by atoms with van der Waals surface area (Å²) in [5.74, 6) is 0.0352. The first-order chi connectivity index (χ1) is 10.8. The van der Waals surface area contributed by atoms with Gasteiger partial charge in [-0.1, -0.05) is 36.8 Å². The molecule has 1 aliphatic carbocycles. The zero-order chi connectivity index (χ0) is 16.9. The summed E-state index contributed by atoms with van der Waals surface area (Å²) in [6, 6.07) is 9.09. The van der Waals surface area contributed by atoms with Gasteiger partial charge in [0.1, 0.15) is 0 Å². The largest absolute Gasteiger partial charge is 0.356 e. The molecule has 0 saturated heterocycles. The first-order valence-electron chi connectivity index (χ1n) is 7.89. The third-order valence-corrected chi connectivity index (χ3v) is 4.95. The predicted molar refractivity (Wildman–Crippen MR) is 90.1 cm³/mol. The van der Waals surface area contributed by atoms with Gasteiger partial charge in [-0.15, -0.1) is 0 Å². The Bertz CT molecular complexity index is 619. The number of nitrogens with two attached hydrogens (primary N) is 1. The molecular weight excluding hydrogens is 314 g/mol. The third kappa shape index (κ3) is 5.93. The molecule has 0 bridgehead atoms. The number of hydrogen-bond acceptors (Lipinski definition) is 4. The van der Waals surface area contributed by atoms with Crippen LogP contribution in [0.2, 0.25) is 0 Å². The van der Waals surface area contributed by atoms with Crippen LogP contribution in [-0.4, -0.2) is 33.2 Å². The van der Waals surface area contributed by atoms with E-state index in [1.54, 1.807) is 0 Å². The first-order valence-corrected chi connectivity index (χ1v) is 9.79. The van der Waals surface area contributed by atoms with E-state index in [2.05, 4.69) is 10.0 Å². The average molecular weight is 339 g/mol. The number of amides is 1. The lowest BCUT2D eigenvalue weighted by Gasteiger charge is -2.21. The van der Waals surface area contributed by atoms with Crippen molar-refractivity contribution in [2.24, 2.45) is 11.7 Å². The summed E-state index contributed by atoms with van der Waals surface area (Å²) in [5.41, 5.74) is 6.97. The number of nitrogens with one attached hydrogen (secondary N) is 2. The summed E-state index contributed by atoms with van der Waals surface area (Å²) in [6.07, 6.45) is 4.09. The molecule has 0 spiro atoms. The highest BCUT2D eigenvalue weighted by Crippen LogP contribution is 2.25. The van der Waals surface area contributed by atoms with Crippen LogP contribution >= 0.6 is 0 Å². The lowest BCUT2D eigenvalue weighted by Crippen LogP contribution is -2.41. The topological polar surface area (TPSA) is 101 Å². The van der Waals surface area contributed by atoms with Crippen LogP contribution < -0.4 is 15.8 Å². The molecule has 1 aliphatic rings. The Hall–Kier alpha value is -1.44. The van der Waals surface area contributed by atoms with E-state index in [1.165, 1.54) is 6.26 Å². The van der Waals surface area contributed by atoms with Crippen LogP contribution in [0.15, 0.2) is 30.3 Å². The van der Waals surface area contributed by atoms with Gasteiger partial charge in [-0.2, -0.15) is 0 Å². The fourth-order valence-electron chi connectivity index (χ4n) is 3.05. The van der Waals surface area contributed by atoms with Crippen LogP contribution in [0, 0.1) is 5.92 Å². The molecule has 2 rings (SSSR count). The zero-order valence-corrected chi connectivity index (χ0v) is 14.2. The number of benzene rings is 1. The van der Waals surface area contributed by atoms with Crippen molar-refractivity contribution < 1.29 is 13.2 Å². The van der Waals surface area contributed by atoms with Gasteiger partial charge >= 0.3 is 0 Å². The second-order valence-electron chi connectivity index (χ2n) is 6.21. The minimum absolute atomic E-state index is 0.0897. The Morgan fingerprint density at radius 1 is 1.30 bits per heavy atom. The Morgan fingerprint density at radius 2 is 2.00 bits per heavy atom. The van der Waals surface area contributed by atoms with Crippen molar-refractivity contribution in [3.05, 3.63) is 35.9 Å². The van der Waals surface area contributed by atoms with Gasteiger partial charge in [-0.3, -0.25) is 4.79 Å². The zero-order valence-electron chi connectivity index (χ0n) is 13.4. The Morgan fingerprint density at radius 3 is 2.65 bits per heavy atom. The van der Waals surface area contributed by atoms with Crippen molar-refractivity contribution in [3.63, 3.8) is 0 Å². The Balaban J connectivity index is 1.80. The van der Waals surface area contributed by atoms with Gasteiger partial charge in [-0.25, -0.2) is 13.1 Å². The summed E-state index contributed by atoms with van der Waals surface area (Å²) in [4.78, 5) is 12.0.